The van der Waals surface area contributed by atoms with Gasteiger partial charge in [-0.15, -0.1) is 0 Å². The van der Waals surface area contributed by atoms with Crippen molar-refractivity contribution >= 4 is 33.2 Å². The second kappa shape index (κ2) is 9.54. The number of benzene rings is 3. The Bertz CT molecular complexity index is 1130. The standard InChI is InChI=1S/C24H25ClN2O3S/c1-17-9-11-20(12-10-17)23(19-7-5-4-6-8-19)26-24(28)18(2)27(31(3,29)30)22-15-13-21(25)14-16-22/h4-16,18,23H,1-3H3,(H,26,28)/t18-,23-/m0/s1. The summed E-state index contributed by atoms with van der Waals surface area (Å²) in [5, 5.41) is 3.52. The molecule has 0 fully saturated rings. The summed E-state index contributed by atoms with van der Waals surface area (Å²) in [7, 11) is -3.72. The average Bonchev–Trinajstić information content (AvgIpc) is 2.74. The molecule has 1 N–H and O–H groups in total. The van der Waals surface area contributed by atoms with E-state index in [1.165, 1.54) is 0 Å². The first-order valence-electron chi connectivity index (χ1n) is 9.83. The van der Waals surface area contributed by atoms with Gasteiger partial charge < -0.3 is 5.32 Å². The molecule has 0 heterocycles. The van der Waals surface area contributed by atoms with Crippen LogP contribution in [0.3, 0.4) is 0 Å². The van der Waals surface area contributed by atoms with Gasteiger partial charge >= 0.3 is 0 Å². The number of hydrogen-bond acceptors (Lipinski definition) is 3. The Balaban J connectivity index is 1.94. The quantitative estimate of drug-likeness (QED) is 0.560. The largest absolute Gasteiger partial charge is 0.343 e. The fraction of sp³-hybridized carbons (Fsp3) is 0.208. The normalized spacial score (nSPS) is 13.3. The second-order valence-electron chi connectivity index (χ2n) is 7.47. The first-order chi connectivity index (χ1) is 14.7. The first-order valence-corrected chi connectivity index (χ1v) is 12.1. The summed E-state index contributed by atoms with van der Waals surface area (Å²) < 4.78 is 26.2. The molecule has 3 rings (SSSR count). The molecule has 0 radical (unpaired) electrons. The number of halogens is 1. The van der Waals surface area contributed by atoms with E-state index in [-0.39, 0.29) is 0 Å². The van der Waals surface area contributed by atoms with Crippen molar-refractivity contribution in [3.05, 3.63) is 101 Å². The summed E-state index contributed by atoms with van der Waals surface area (Å²) in [6.07, 6.45) is 1.08. The van der Waals surface area contributed by atoms with Crippen molar-refractivity contribution in [1.29, 1.82) is 0 Å². The number of sulfonamides is 1. The highest BCUT2D eigenvalue weighted by Crippen LogP contribution is 2.26. The minimum absolute atomic E-state index is 0.376. The molecule has 31 heavy (non-hydrogen) atoms. The summed E-state index contributed by atoms with van der Waals surface area (Å²) in [6.45, 7) is 3.57. The van der Waals surface area contributed by atoms with E-state index in [0.29, 0.717) is 10.7 Å². The molecule has 1 amide bonds. The lowest BCUT2D eigenvalue weighted by Crippen LogP contribution is -2.48. The zero-order valence-corrected chi connectivity index (χ0v) is 19.2. The minimum Gasteiger partial charge on any atom is -0.343 e. The molecule has 2 atom stereocenters. The molecule has 0 unspecified atom stereocenters. The third-order valence-corrected chi connectivity index (χ3v) is 6.49. The van der Waals surface area contributed by atoms with Crippen LogP contribution in [0.2, 0.25) is 5.02 Å². The molecule has 162 valence electrons. The van der Waals surface area contributed by atoms with Crippen LogP contribution >= 0.6 is 11.6 Å². The van der Waals surface area contributed by atoms with Gasteiger partial charge in [-0.3, -0.25) is 9.10 Å². The van der Waals surface area contributed by atoms with E-state index in [2.05, 4.69) is 5.32 Å². The highest BCUT2D eigenvalue weighted by molar-refractivity contribution is 7.92. The highest BCUT2D eigenvalue weighted by Gasteiger charge is 2.30. The van der Waals surface area contributed by atoms with Crippen molar-refractivity contribution in [2.45, 2.75) is 25.9 Å². The molecule has 0 saturated heterocycles. The van der Waals surface area contributed by atoms with Crippen molar-refractivity contribution in [3.63, 3.8) is 0 Å². The zero-order chi connectivity index (χ0) is 22.6. The molecule has 0 aliphatic carbocycles. The maximum Gasteiger partial charge on any atom is 0.244 e. The number of nitrogens with zero attached hydrogens (tertiary/aromatic N) is 1. The maximum absolute atomic E-state index is 13.3. The molecule has 3 aromatic rings. The Morgan fingerprint density at radius 1 is 0.903 bits per heavy atom. The molecule has 0 saturated carbocycles. The Hall–Kier alpha value is -2.83. The van der Waals surface area contributed by atoms with E-state index >= 15 is 0 Å². The molecule has 0 aromatic heterocycles. The lowest BCUT2D eigenvalue weighted by molar-refractivity contribution is -0.122. The lowest BCUT2D eigenvalue weighted by Gasteiger charge is -2.30. The van der Waals surface area contributed by atoms with Crippen LogP contribution in [0.1, 0.15) is 29.7 Å². The van der Waals surface area contributed by atoms with Crippen LogP contribution in [-0.2, 0) is 14.8 Å². The molecular weight excluding hydrogens is 432 g/mol. The smallest absolute Gasteiger partial charge is 0.244 e. The number of nitrogens with one attached hydrogen (secondary N) is 1. The summed E-state index contributed by atoms with van der Waals surface area (Å²) in [4.78, 5) is 13.3. The monoisotopic (exact) mass is 456 g/mol. The van der Waals surface area contributed by atoms with Gasteiger partial charge in [0, 0.05) is 5.02 Å². The third kappa shape index (κ3) is 5.66. The van der Waals surface area contributed by atoms with E-state index in [9.17, 15) is 13.2 Å². The van der Waals surface area contributed by atoms with Crippen LogP contribution in [0.4, 0.5) is 5.69 Å². The summed E-state index contributed by atoms with van der Waals surface area (Å²) in [5.41, 5.74) is 3.31. The van der Waals surface area contributed by atoms with Gasteiger partial charge in [0.1, 0.15) is 6.04 Å². The topological polar surface area (TPSA) is 66.5 Å². The van der Waals surface area contributed by atoms with Crippen molar-refractivity contribution < 1.29 is 13.2 Å². The number of carbonyl (C=O) groups is 1. The molecule has 7 heteroatoms. The molecular formula is C24H25ClN2O3S. The van der Waals surface area contributed by atoms with Gasteiger partial charge in [0.15, 0.2) is 0 Å². The summed E-state index contributed by atoms with van der Waals surface area (Å²) in [5.74, 6) is -0.408. The number of carbonyl (C=O) groups excluding carboxylic acids is 1. The van der Waals surface area contributed by atoms with Crippen LogP contribution in [0.5, 0.6) is 0 Å². The number of hydrogen-bond donors (Lipinski definition) is 1. The predicted octanol–water partition coefficient (Wildman–Crippen LogP) is 4.71. The van der Waals surface area contributed by atoms with Crippen LogP contribution in [0.15, 0.2) is 78.9 Å². The van der Waals surface area contributed by atoms with Gasteiger partial charge in [0.25, 0.3) is 0 Å². The Morgan fingerprint density at radius 2 is 1.45 bits per heavy atom. The van der Waals surface area contributed by atoms with E-state index in [0.717, 1.165) is 27.3 Å². The maximum atomic E-state index is 13.3. The van der Waals surface area contributed by atoms with Crippen LogP contribution in [-0.4, -0.2) is 26.6 Å². The van der Waals surface area contributed by atoms with E-state index in [1.807, 2.05) is 61.5 Å². The molecule has 0 aliphatic rings. The van der Waals surface area contributed by atoms with Crippen LogP contribution in [0.25, 0.3) is 0 Å². The number of amides is 1. The summed E-state index contributed by atoms with van der Waals surface area (Å²) in [6, 6.07) is 22.5. The zero-order valence-electron chi connectivity index (χ0n) is 17.6. The highest BCUT2D eigenvalue weighted by atomic mass is 35.5. The Labute approximate surface area is 188 Å². The van der Waals surface area contributed by atoms with Gasteiger partial charge in [0.05, 0.1) is 18.0 Å². The summed E-state index contributed by atoms with van der Waals surface area (Å²) >= 11 is 5.94. The van der Waals surface area contributed by atoms with E-state index in [4.69, 9.17) is 11.6 Å². The fourth-order valence-electron chi connectivity index (χ4n) is 3.42. The Morgan fingerprint density at radius 3 is 2.00 bits per heavy atom. The van der Waals surface area contributed by atoms with Gasteiger partial charge in [-0.2, -0.15) is 0 Å². The third-order valence-electron chi connectivity index (χ3n) is 5.00. The second-order valence-corrected chi connectivity index (χ2v) is 9.77. The van der Waals surface area contributed by atoms with E-state index in [1.54, 1.807) is 31.2 Å². The Kier molecular flexibility index (Phi) is 7.03. The SMILES string of the molecule is Cc1ccc([C@@H](NC(=O)[C@H](C)N(c2ccc(Cl)cc2)S(C)(=O)=O)c2ccccc2)cc1. The number of aryl methyl sites for hydroxylation is 1. The first kappa shape index (κ1) is 22.8. The van der Waals surface area contributed by atoms with Crippen LogP contribution < -0.4 is 9.62 Å². The molecule has 5 nitrogen and oxygen atoms in total. The van der Waals surface area contributed by atoms with E-state index < -0.39 is 28.0 Å². The van der Waals surface area contributed by atoms with Crippen LogP contribution in [0, 0.1) is 6.92 Å². The number of rotatable bonds is 7. The lowest BCUT2D eigenvalue weighted by atomic mass is 9.97. The van der Waals surface area contributed by atoms with Crippen molar-refractivity contribution in [3.8, 4) is 0 Å². The molecule has 3 aromatic carbocycles. The molecule has 0 aliphatic heterocycles. The average molecular weight is 457 g/mol. The van der Waals surface area contributed by atoms with Crippen molar-refractivity contribution in [2.24, 2.45) is 0 Å². The van der Waals surface area contributed by atoms with Gasteiger partial charge in [0.2, 0.25) is 15.9 Å². The fourth-order valence-corrected chi connectivity index (χ4v) is 4.72. The molecule has 0 bridgehead atoms. The van der Waals surface area contributed by atoms with Crippen molar-refractivity contribution in [1.82, 2.24) is 5.32 Å². The van der Waals surface area contributed by atoms with Gasteiger partial charge in [-0.25, -0.2) is 8.42 Å². The van der Waals surface area contributed by atoms with Gasteiger partial charge in [-0.05, 0) is 49.2 Å². The minimum atomic E-state index is -3.72. The molecule has 0 spiro atoms. The van der Waals surface area contributed by atoms with Crippen molar-refractivity contribution in [2.75, 3.05) is 10.6 Å². The van der Waals surface area contributed by atoms with Gasteiger partial charge in [-0.1, -0.05) is 71.8 Å². The number of anilines is 1. The predicted molar refractivity (Wildman–Crippen MR) is 126 cm³/mol.